The SMILES string of the molecule is [Dy].[InH3].[O]=[Zn]. The minimum absolute atomic E-state index is 0. The van der Waals surface area contributed by atoms with E-state index in [9.17, 15) is 0 Å². The normalized spacial score (nSPS) is 1.50. The van der Waals surface area contributed by atoms with Crippen molar-refractivity contribution in [3.8, 4) is 0 Å². The summed E-state index contributed by atoms with van der Waals surface area (Å²) in [7, 11) is 0. The van der Waals surface area contributed by atoms with Crippen LogP contribution >= 0.6 is 0 Å². The fourth-order valence-corrected chi connectivity index (χ4v) is 0. The summed E-state index contributed by atoms with van der Waals surface area (Å²) in [6.45, 7) is 0. The third kappa shape index (κ3) is 8.82. The number of hydrogen-bond donors (Lipinski definition) is 0. The zero-order valence-corrected chi connectivity index (χ0v) is 6.43. The molecule has 0 saturated carbocycles. The van der Waals surface area contributed by atoms with Gasteiger partial charge in [-0.3, -0.25) is 0 Å². The molecule has 0 aliphatic heterocycles. The second-order valence-corrected chi connectivity index (χ2v) is 0. The van der Waals surface area contributed by atoms with Gasteiger partial charge in [0.2, 0.25) is 0 Å². The van der Waals surface area contributed by atoms with Gasteiger partial charge in [0.1, 0.15) is 0 Å². The summed E-state index contributed by atoms with van der Waals surface area (Å²) in [5, 5.41) is 0. The minimum atomic E-state index is 0. The molecule has 0 aliphatic carbocycles. The summed E-state index contributed by atoms with van der Waals surface area (Å²) in [4.78, 5) is 0. The first-order chi connectivity index (χ1) is 1.00. The van der Waals surface area contributed by atoms with E-state index in [2.05, 4.69) is 0 Å². The molecule has 4 heteroatoms. The van der Waals surface area contributed by atoms with Gasteiger partial charge < -0.3 is 0 Å². The van der Waals surface area contributed by atoms with E-state index in [1.165, 1.54) is 0 Å². The Morgan fingerprint density at radius 1 is 1.25 bits per heavy atom. The van der Waals surface area contributed by atoms with Gasteiger partial charge in [0.25, 0.3) is 0 Å². The molecule has 24 valence electrons. The van der Waals surface area contributed by atoms with E-state index in [-0.39, 0.29) is 82.3 Å². The van der Waals surface area contributed by atoms with Gasteiger partial charge in [0, 0.05) is 38.2 Å². The maximum absolute atomic E-state index is 8.38. The quantitative estimate of drug-likeness (QED) is 0.490. The first kappa shape index (κ1) is 16.0. The van der Waals surface area contributed by atoms with Crippen LogP contribution in [0.15, 0.2) is 0 Å². The molecule has 0 amide bonds. The van der Waals surface area contributed by atoms with Gasteiger partial charge >= 0.3 is 47.7 Å². The van der Waals surface area contributed by atoms with Gasteiger partial charge in [-0.05, 0) is 0 Å². The molecule has 0 aromatic carbocycles. The van der Waals surface area contributed by atoms with Crippen LogP contribution in [0.2, 0.25) is 0 Å². The van der Waals surface area contributed by atoms with Gasteiger partial charge in [-0.1, -0.05) is 0 Å². The fraction of sp³-hybridized carbons (Fsp3) is 0. The van der Waals surface area contributed by atoms with Crippen LogP contribution in [-0.4, -0.2) is 25.8 Å². The van der Waals surface area contributed by atoms with Crippen LogP contribution in [-0.2, 0) is 21.8 Å². The van der Waals surface area contributed by atoms with E-state index < -0.39 is 0 Å². The molecule has 0 aromatic heterocycles. The zero-order valence-electron chi connectivity index (χ0n) is 1.43. The topological polar surface area (TPSA) is 17.1 Å². The van der Waals surface area contributed by atoms with Crippen LogP contribution in [0.4, 0.5) is 0 Å². The van der Waals surface area contributed by atoms with E-state index in [1.54, 1.807) is 0 Å². The second-order valence-electron chi connectivity index (χ2n) is 0. The van der Waals surface area contributed by atoms with Gasteiger partial charge in [-0.25, -0.2) is 0 Å². The fourth-order valence-electron chi connectivity index (χ4n) is 0. The van der Waals surface area contributed by atoms with E-state index in [1.807, 2.05) is 0 Å². The van der Waals surface area contributed by atoms with Crippen molar-refractivity contribution in [2.45, 2.75) is 0 Å². The van der Waals surface area contributed by atoms with E-state index in [0.29, 0.717) is 0 Å². The average molecular weight is 362 g/mol. The molecule has 0 aromatic rings. The van der Waals surface area contributed by atoms with Crippen LogP contribution in [0.1, 0.15) is 0 Å². The Balaban J connectivity index is -0.00000000500. The standard InChI is InChI=1S/Dy.In.O.Zn.3H. The van der Waals surface area contributed by atoms with Crippen molar-refractivity contribution < 1.29 is 60.0 Å². The predicted octanol–water partition coefficient (Wildman–Crippen LogP) is -1.31. The molecule has 0 saturated heterocycles. The predicted molar refractivity (Wildman–Crippen MR) is 10.6 cm³/mol. The number of rotatable bonds is 0. The molecule has 0 heterocycles. The van der Waals surface area contributed by atoms with Crippen LogP contribution in [0.25, 0.3) is 0 Å². The molecule has 4 heavy (non-hydrogen) atoms. The first-order valence-electron chi connectivity index (χ1n) is 0.289. The van der Waals surface area contributed by atoms with E-state index in [4.69, 9.17) is 3.57 Å². The van der Waals surface area contributed by atoms with Crippen LogP contribution in [0.3, 0.4) is 0 Å². The third-order valence-electron chi connectivity index (χ3n) is 0. The molecule has 0 bridgehead atoms. The summed E-state index contributed by atoms with van der Waals surface area (Å²) >= 11 is 0.125. The molecule has 0 radical (unpaired) electrons. The summed E-state index contributed by atoms with van der Waals surface area (Å²) < 4.78 is 8.38. The van der Waals surface area contributed by atoms with Crippen molar-refractivity contribution in [2.75, 3.05) is 0 Å². The Labute approximate surface area is 84.0 Å². The molecule has 0 fully saturated rings. The zero-order chi connectivity index (χ0) is 2.00. The van der Waals surface area contributed by atoms with Crippen LogP contribution < -0.4 is 0 Å². The number of hydrogen-bond acceptors (Lipinski definition) is 1. The van der Waals surface area contributed by atoms with Gasteiger partial charge in [0.05, 0.1) is 0 Å². The molecule has 0 unspecified atom stereocenters. The van der Waals surface area contributed by atoms with E-state index in [0.717, 1.165) is 0 Å². The Bertz CT molecular complexity index is 8.00. The molecule has 0 spiro atoms. The molecular weight excluding hydrogens is 359 g/mol. The summed E-state index contributed by atoms with van der Waals surface area (Å²) in [6.07, 6.45) is 0. The average Bonchev–Trinajstić information content (AvgIpc) is 1.00. The Hall–Kier alpha value is 2.57. The summed E-state index contributed by atoms with van der Waals surface area (Å²) in [6, 6.07) is 0. The molecule has 0 aliphatic rings. The van der Waals surface area contributed by atoms with Crippen molar-refractivity contribution >= 4 is 25.8 Å². The second kappa shape index (κ2) is 17.6. The van der Waals surface area contributed by atoms with Gasteiger partial charge in [0.15, 0.2) is 0 Å². The Kier molecular flexibility index (Phi) is 70.5. The van der Waals surface area contributed by atoms with Crippen LogP contribution in [0, 0.1) is 38.2 Å². The van der Waals surface area contributed by atoms with Crippen molar-refractivity contribution in [1.82, 2.24) is 0 Å². The Morgan fingerprint density at radius 3 is 1.25 bits per heavy atom. The maximum atomic E-state index is 8.38. The summed E-state index contributed by atoms with van der Waals surface area (Å²) in [5.74, 6) is 0. The Morgan fingerprint density at radius 2 is 1.25 bits per heavy atom. The third-order valence-corrected chi connectivity index (χ3v) is 0. The van der Waals surface area contributed by atoms with E-state index >= 15 is 0 Å². The van der Waals surface area contributed by atoms with Crippen molar-refractivity contribution in [3.63, 3.8) is 0 Å². The first-order valence-corrected chi connectivity index (χ1v) is 1.50. The van der Waals surface area contributed by atoms with Crippen LogP contribution in [0.5, 0.6) is 0 Å². The van der Waals surface area contributed by atoms with Gasteiger partial charge in [-0.15, -0.1) is 0 Å². The van der Waals surface area contributed by atoms with Crippen molar-refractivity contribution in [1.29, 1.82) is 0 Å². The molecule has 0 rings (SSSR count). The van der Waals surface area contributed by atoms with Crippen molar-refractivity contribution in [3.05, 3.63) is 0 Å². The monoisotopic (exact) mass is 362 g/mol. The molecule has 1 nitrogen and oxygen atoms in total. The molecular formula is H3DyInOZn. The molecule has 0 atom stereocenters. The molecule has 0 N–H and O–H groups in total. The summed E-state index contributed by atoms with van der Waals surface area (Å²) in [5.41, 5.74) is 0. The van der Waals surface area contributed by atoms with Crippen molar-refractivity contribution in [2.24, 2.45) is 0 Å². The van der Waals surface area contributed by atoms with Gasteiger partial charge in [-0.2, -0.15) is 0 Å².